The van der Waals surface area contributed by atoms with Crippen molar-refractivity contribution in [1.82, 2.24) is 0 Å². The van der Waals surface area contributed by atoms with Crippen LogP contribution in [0.2, 0.25) is 0 Å². The molecule has 0 aliphatic carbocycles. The quantitative estimate of drug-likeness (QED) is 0.651. The predicted molar refractivity (Wildman–Crippen MR) is 72.9 cm³/mol. The van der Waals surface area contributed by atoms with Gasteiger partial charge in [-0.1, -0.05) is 6.07 Å². The highest BCUT2D eigenvalue weighted by Crippen LogP contribution is 2.28. The van der Waals surface area contributed by atoms with Crippen molar-refractivity contribution in [2.45, 2.75) is 32.3 Å². The van der Waals surface area contributed by atoms with Crippen LogP contribution >= 0.6 is 0 Å². The monoisotopic (exact) mass is 253 g/mol. The summed E-state index contributed by atoms with van der Waals surface area (Å²) in [6.07, 6.45) is 2.18. The second kappa shape index (κ2) is 7.24. The van der Waals surface area contributed by atoms with Crippen molar-refractivity contribution in [2.75, 3.05) is 25.1 Å². The van der Waals surface area contributed by atoms with Crippen LogP contribution in [0.1, 0.15) is 37.9 Å². The van der Waals surface area contributed by atoms with E-state index in [-0.39, 0.29) is 12.4 Å². The topological polar surface area (TPSA) is 63.9 Å². The molecule has 4 heteroatoms. The maximum atomic E-state index is 9.80. The summed E-state index contributed by atoms with van der Waals surface area (Å²) in [5.74, 6) is 0.129. The Morgan fingerprint density at radius 3 is 2.50 bits per heavy atom. The van der Waals surface area contributed by atoms with E-state index in [1.165, 1.54) is 0 Å². The number of hydrogen-bond acceptors (Lipinski definition) is 4. The van der Waals surface area contributed by atoms with Gasteiger partial charge in [-0.15, -0.1) is 0 Å². The molecule has 0 radical (unpaired) electrons. The molecular formula is C14H23NO3. The lowest BCUT2D eigenvalue weighted by Gasteiger charge is -2.20. The van der Waals surface area contributed by atoms with E-state index in [1.807, 2.05) is 13.1 Å². The van der Waals surface area contributed by atoms with Crippen LogP contribution in [0.3, 0.4) is 0 Å². The summed E-state index contributed by atoms with van der Waals surface area (Å²) < 4.78 is 0. The number of benzene rings is 1. The Kier molecular flexibility index (Phi) is 5.95. The van der Waals surface area contributed by atoms with Gasteiger partial charge in [0.2, 0.25) is 0 Å². The van der Waals surface area contributed by atoms with Crippen LogP contribution in [-0.2, 0) is 0 Å². The number of rotatable bonds is 7. The van der Waals surface area contributed by atoms with E-state index >= 15 is 0 Å². The second-order valence-corrected chi connectivity index (χ2v) is 4.62. The number of phenols is 1. The molecule has 0 fully saturated rings. The Balaban J connectivity index is 2.58. The summed E-state index contributed by atoms with van der Waals surface area (Å²) >= 11 is 0. The average molecular weight is 253 g/mol. The molecule has 102 valence electrons. The molecule has 0 bridgehead atoms. The van der Waals surface area contributed by atoms with Gasteiger partial charge in [0.15, 0.2) is 0 Å². The number of aromatic hydroxyl groups is 1. The summed E-state index contributed by atoms with van der Waals surface area (Å²) in [4.78, 5) is 2.06. The van der Waals surface area contributed by atoms with Crippen LogP contribution in [0.5, 0.6) is 5.75 Å². The van der Waals surface area contributed by atoms with Crippen molar-refractivity contribution in [3.63, 3.8) is 0 Å². The van der Waals surface area contributed by atoms with E-state index in [1.54, 1.807) is 19.1 Å². The van der Waals surface area contributed by atoms with Crippen LogP contribution in [0.25, 0.3) is 0 Å². The van der Waals surface area contributed by atoms with Crippen molar-refractivity contribution in [1.29, 1.82) is 0 Å². The van der Waals surface area contributed by atoms with E-state index in [0.717, 1.165) is 31.5 Å². The zero-order valence-electron chi connectivity index (χ0n) is 11.1. The van der Waals surface area contributed by atoms with Gasteiger partial charge in [-0.2, -0.15) is 0 Å². The SMILES string of the molecule is CC(O)c1ccc(N(C)CCCCCO)cc1O. The highest BCUT2D eigenvalue weighted by molar-refractivity contribution is 5.53. The molecule has 1 atom stereocenters. The highest BCUT2D eigenvalue weighted by Gasteiger charge is 2.09. The lowest BCUT2D eigenvalue weighted by Crippen LogP contribution is -2.18. The number of anilines is 1. The maximum absolute atomic E-state index is 9.80. The van der Waals surface area contributed by atoms with Gasteiger partial charge < -0.3 is 20.2 Å². The third kappa shape index (κ3) is 4.20. The van der Waals surface area contributed by atoms with Crippen molar-refractivity contribution in [3.8, 4) is 5.75 Å². The highest BCUT2D eigenvalue weighted by atomic mass is 16.3. The van der Waals surface area contributed by atoms with Crippen molar-refractivity contribution < 1.29 is 15.3 Å². The molecule has 0 heterocycles. The first kappa shape index (κ1) is 14.8. The molecule has 0 aliphatic rings. The number of nitrogens with zero attached hydrogens (tertiary/aromatic N) is 1. The van der Waals surface area contributed by atoms with Crippen LogP contribution in [-0.4, -0.2) is 35.5 Å². The number of phenolic OH excluding ortho intramolecular Hbond substituents is 1. The fourth-order valence-corrected chi connectivity index (χ4v) is 1.89. The fraction of sp³-hybridized carbons (Fsp3) is 0.571. The van der Waals surface area contributed by atoms with Gasteiger partial charge in [0, 0.05) is 37.5 Å². The van der Waals surface area contributed by atoms with Crippen LogP contribution in [0.15, 0.2) is 18.2 Å². The van der Waals surface area contributed by atoms with Gasteiger partial charge in [0.1, 0.15) is 5.75 Å². The first-order valence-electron chi connectivity index (χ1n) is 6.39. The lowest BCUT2D eigenvalue weighted by molar-refractivity contribution is 0.195. The molecular weight excluding hydrogens is 230 g/mol. The molecule has 4 nitrogen and oxygen atoms in total. The van der Waals surface area contributed by atoms with E-state index in [9.17, 15) is 10.2 Å². The minimum absolute atomic E-state index is 0.129. The normalized spacial score (nSPS) is 12.4. The van der Waals surface area contributed by atoms with Crippen LogP contribution in [0.4, 0.5) is 5.69 Å². The van der Waals surface area contributed by atoms with Crippen molar-refractivity contribution >= 4 is 5.69 Å². The minimum atomic E-state index is -0.658. The van der Waals surface area contributed by atoms with Crippen LogP contribution in [0, 0.1) is 0 Å². The largest absolute Gasteiger partial charge is 0.507 e. The molecule has 0 amide bonds. The fourth-order valence-electron chi connectivity index (χ4n) is 1.89. The number of hydrogen-bond donors (Lipinski definition) is 3. The van der Waals surface area contributed by atoms with E-state index < -0.39 is 6.10 Å². The summed E-state index contributed by atoms with van der Waals surface area (Å²) in [5.41, 5.74) is 1.48. The summed E-state index contributed by atoms with van der Waals surface area (Å²) in [6.45, 7) is 2.76. The number of aliphatic hydroxyl groups is 2. The second-order valence-electron chi connectivity index (χ2n) is 4.62. The van der Waals surface area contributed by atoms with Gasteiger partial charge in [-0.3, -0.25) is 0 Å². The summed E-state index contributed by atoms with van der Waals surface area (Å²) in [7, 11) is 1.97. The zero-order chi connectivity index (χ0) is 13.5. The molecule has 0 saturated heterocycles. The van der Waals surface area contributed by atoms with E-state index in [0.29, 0.717) is 5.56 Å². The smallest absolute Gasteiger partial charge is 0.123 e. The molecule has 0 spiro atoms. The van der Waals surface area contributed by atoms with E-state index in [2.05, 4.69) is 4.90 Å². The molecule has 0 aliphatic heterocycles. The van der Waals surface area contributed by atoms with Gasteiger partial charge in [0.05, 0.1) is 6.10 Å². The van der Waals surface area contributed by atoms with Crippen LogP contribution < -0.4 is 4.90 Å². The van der Waals surface area contributed by atoms with Gasteiger partial charge in [-0.25, -0.2) is 0 Å². The third-order valence-corrected chi connectivity index (χ3v) is 3.06. The molecule has 0 saturated carbocycles. The molecule has 1 aromatic carbocycles. The minimum Gasteiger partial charge on any atom is -0.507 e. The number of unbranched alkanes of at least 4 members (excludes halogenated alkanes) is 2. The Labute approximate surface area is 108 Å². The lowest BCUT2D eigenvalue weighted by atomic mass is 10.1. The zero-order valence-corrected chi connectivity index (χ0v) is 11.1. The summed E-state index contributed by atoms with van der Waals surface area (Å²) in [6, 6.07) is 5.32. The Hall–Kier alpha value is -1.26. The molecule has 1 unspecified atom stereocenters. The van der Waals surface area contributed by atoms with Gasteiger partial charge in [0.25, 0.3) is 0 Å². The van der Waals surface area contributed by atoms with Crippen molar-refractivity contribution in [2.24, 2.45) is 0 Å². The number of aliphatic hydroxyl groups excluding tert-OH is 2. The molecule has 3 N–H and O–H groups in total. The molecule has 1 rings (SSSR count). The van der Waals surface area contributed by atoms with Gasteiger partial charge >= 0.3 is 0 Å². The van der Waals surface area contributed by atoms with Crippen molar-refractivity contribution in [3.05, 3.63) is 23.8 Å². The third-order valence-electron chi connectivity index (χ3n) is 3.06. The molecule has 18 heavy (non-hydrogen) atoms. The Bertz CT molecular complexity index is 366. The molecule has 1 aromatic rings. The first-order valence-corrected chi connectivity index (χ1v) is 6.39. The molecule has 0 aromatic heterocycles. The Morgan fingerprint density at radius 1 is 1.22 bits per heavy atom. The average Bonchev–Trinajstić information content (AvgIpc) is 2.33. The summed E-state index contributed by atoms with van der Waals surface area (Å²) in [5, 5.41) is 27.9. The standard InChI is InChI=1S/C14H23NO3/c1-11(17)13-7-6-12(10-14(13)18)15(2)8-4-3-5-9-16/h6-7,10-11,16-18H,3-5,8-9H2,1-2H3. The Morgan fingerprint density at radius 2 is 1.94 bits per heavy atom. The van der Waals surface area contributed by atoms with E-state index in [4.69, 9.17) is 5.11 Å². The predicted octanol–water partition coefficient (Wildman–Crippen LogP) is 2.04. The first-order chi connectivity index (χ1) is 8.56. The van der Waals surface area contributed by atoms with Gasteiger partial charge in [-0.05, 0) is 32.3 Å². The maximum Gasteiger partial charge on any atom is 0.123 e.